The van der Waals surface area contributed by atoms with Crippen LogP contribution < -0.4 is 10.6 Å². The number of carbonyl (C=O) groups is 2. The van der Waals surface area contributed by atoms with Gasteiger partial charge in [0.05, 0.1) is 12.1 Å². The Balaban J connectivity index is 2.97. The lowest BCUT2D eigenvalue weighted by molar-refractivity contribution is 0.0755. The first-order chi connectivity index (χ1) is 15.6. The lowest BCUT2D eigenvalue weighted by atomic mass is 9.98. The van der Waals surface area contributed by atoms with Gasteiger partial charge in [-0.3, -0.25) is 9.59 Å². The Bertz CT molecular complexity index is 727. The molecule has 0 spiro atoms. The lowest BCUT2D eigenvalue weighted by Crippen LogP contribution is -2.48. The summed E-state index contributed by atoms with van der Waals surface area (Å²) in [7, 11) is 0. The molecule has 0 heterocycles. The van der Waals surface area contributed by atoms with Gasteiger partial charge in [-0.05, 0) is 74.8 Å². The summed E-state index contributed by atoms with van der Waals surface area (Å²) < 4.78 is 0. The van der Waals surface area contributed by atoms with Crippen LogP contribution in [-0.4, -0.2) is 60.1 Å². The highest BCUT2D eigenvalue weighted by Gasteiger charge is 2.24. The average Bonchev–Trinajstić information content (AvgIpc) is 2.74. The van der Waals surface area contributed by atoms with Crippen LogP contribution in [0.15, 0.2) is 18.2 Å². The fourth-order valence-corrected chi connectivity index (χ4v) is 3.93. The molecular formula is C27H47N3O3. The lowest BCUT2D eigenvalue weighted by Gasteiger charge is -2.26. The largest absolute Gasteiger partial charge is 0.390 e. The van der Waals surface area contributed by atoms with Crippen molar-refractivity contribution >= 4 is 11.8 Å². The van der Waals surface area contributed by atoms with E-state index < -0.39 is 6.10 Å². The highest BCUT2D eigenvalue weighted by atomic mass is 16.3. The van der Waals surface area contributed by atoms with Crippen LogP contribution in [-0.2, 0) is 0 Å². The smallest absolute Gasteiger partial charge is 0.253 e. The standard InChI is InChI=1S/C27H47N3O3/c1-8-12-30(13-9-2)27(33)23-16-21(7)15-22(17-23)26(32)29-24(14-20(5)6)25(31)18-28-11-10-19(3)4/h15-17,19-20,24-25,28,31H,8-14,18H2,1-7H3,(H,29,32)/t24-,25+/m0/s1. The molecule has 2 amide bonds. The minimum atomic E-state index is -0.681. The van der Waals surface area contributed by atoms with E-state index in [4.69, 9.17) is 0 Å². The van der Waals surface area contributed by atoms with E-state index in [1.54, 1.807) is 12.1 Å². The molecule has 0 unspecified atom stereocenters. The number of aliphatic hydroxyl groups excluding tert-OH is 1. The van der Waals surface area contributed by atoms with Gasteiger partial charge in [-0.1, -0.05) is 41.5 Å². The molecule has 0 fully saturated rings. The fourth-order valence-electron chi connectivity index (χ4n) is 3.93. The molecule has 188 valence electrons. The maximum atomic E-state index is 13.1. The maximum Gasteiger partial charge on any atom is 0.253 e. The predicted molar refractivity (Wildman–Crippen MR) is 137 cm³/mol. The molecule has 2 atom stereocenters. The molecule has 6 nitrogen and oxygen atoms in total. The number of aryl methyl sites for hydroxylation is 1. The van der Waals surface area contributed by atoms with Crippen LogP contribution in [0, 0.1) is 18.8 Å². The van der Waals surface area contributed by atoms with Gasteiger partial charge in [0.2, 0.25) is 0 Å². The van der Waals surface area contributed by atoms with Crippen molar-refractivity contribution in [1.29, 1.82) is 0 Å². The van der Waals surface area contributed by atoms with E-state index in [0.717, 1.165) is 31.4 Å². The maximum absolute atomic E-state index is 13.1. The van der Waals surface area contributed by atoms with Crippen LogP contribution >= 0.6 is 0 Å². The number of carbonyl (C=O) groups excluding carboxylic acids is 2. The Hall–Kier alpha value is -1.92. The minimum Gasteiger partial charge on any atom is -0.390 e. The number of hydrogen-bond donors (Lipinski definition) is 3. The van der Waals surface area contributed by atoms with Crippen LogP contribution in [0.4, 0.5) is 0 Å². The zero-order valence-corrected chi connectivity index (χ0v) is 21.9. The second-order valence-corrected chi connectivity index (χ2v) is 10.0. The molecule has 1 aromatic rings. The van der Waals surface area contributed by atoms with Gasteiger partial charge in [0, 0.05) is 30.8 Å². The Morgan fingerprint density at radius 1 is 0.970 bits per heavy atom. The van der Waals surface area contributed by atoms with E-state index in [0.29, 0.717) is 49.0 Å². The van der Waals surface area contributed by atoms with Crippen molar-refractivity contribution < 1.29 is 14.7 Å². The monoisotopic (exact) mass is 461 g/mol. The van der Waals surface area contributed by atoms with E-state index in [9.17, 15) is 14.7 Å². The highest BCUT2D eigenvalue weighted by molar-refractivity contribution is 6.00. The third kappa shape index (κ3) is 10.7. The Kier molecular flexibility index (Phi) is 13.3. The molecule has 6 heteroatoms. The van der Waals surface area contributed by atoms with Crippen LogP contribution in [0.1, 0.15) is 93.5 Å². The Morgan fingerprint density at radius 3 is 2.12 bits per heavy atom. The molecule has 33 heavy (non-hydrogen) atoms. The predicted octanol–water partition coefficient (Wildman–Crippen LogP) is 4.40. The van der Waals surface area contributed by atoms with Crippen molar-refractivity contribution in [3.05, 3.63) is 34.9 Å². The minimum absolute atomic E-state index is 0.0374. The molecule has 0 bridgehead atoms. The third-order valence-corrected chi connectivity index (χ3v) is 5.62. The summed E-state index contributed by atoms with van der Waals surface area (Å²) >= 11 is 0. The van der Waals surface area contributed by atoms with E-state index in [2.05, 4.69) is 52.2 Å². The number of nitrogens with zero attached hydrogens (tertiary/aromatic N) is 1. The van der Waals surface area contributed by atoms with Crippen molar-refractivity contribution in [2.24, 2.45) is 11.8 Å². The molecule has 0 aliphatic carbocycles. The molecule has 3 N–H and O–H groups in total. The van der Waals surface area contributed by atoms with Crippen LogP contribution in [0.5, 0.6) is 0 Å². The van der Waals surface area contributed by atoms with Crippen LogP contribution in [0.3, 0.4) is 0 Å². The van der Waals surface area contributed by atoms with Gasteiger partial charge in [0.15, 0.2) is 0 Å². The topological polar surface area (TPSA) is 81.7 Å². The average molecular weight is 462 g/mol. The molecule has 1 rings (SSSR count). The molecule has 0 radical (unpaired) electrons. The summed E-state index contributed by atoms with van der Waals surface area (Å²) in [5.41, 5.74) is 1.87. The fraction of sp³-hybridized carbons (Fsp3) is 0.704. The first-order valence-corrected chi connectivity index (χ1v) is 12.7. The van der Waals surface area contributed by atoms with E-state index in [1.807, 2.05) is 17.9 Å². The van der Waals surface area contributed by atoms with Gasteiger partial charge in [-0.15, -0.1) is 0 Å². The summed E-state index contributed by atoms with van der Waals surface area (Å²) in [5, 5.41) is 17.1. The van der Waals surface area contributed by atoms with Gasteiger partial charge >= 0.3 is 0 Å². The zero-order chi connectivity index (χ0) is 25.0. The summed E-state index contributed by atoms with van der Waals surface area (Å²) in [6, 6.07) is 4.97. The molecular weight excluding hydrogens is 414 g/mol. The molecule has 0 aromatic heterocycles. The van der Waals surface area contributed by atoms with Crippen molar-refractivity contribution in [3.63, 3.8) is 0 Å². The first-order valence-electron chi connectivity index (χ1n) is 12.7. The van der Waals surface area contributed by atoms with Crippen molar-refractivity contribution in [3.8, 4) is 0 Å². The summed E-state index contributed by atoms with van der Waals surface area (Å²) in [4.78, 5) is 28.1. The van der Waals surface area contributed by atoms with E-state index >= 15 is 0 Å². The number of amides is 2. The van der Waals surface area contributed by atoms with Crippen molar-refractivity contribution in [2.45, 2.75) is 86.3 Å². The SMILES string of the molecule is CCCN(CCC)C(=O)c1cc(C)cc(C(=O)N[C@@H](CC(C)C)[C@H](O)CNCCC(C)C)c1. The number of aliphatic hydroxyl groups is 1. The molecule has 1 aromatic carbocycles. The number of rotatable bonds is 15. The summed E-state index contributed by atoms with van der Waals surface area (Å²) in [6.07, 6.45) is 2.83. The van der Waals surface area contributed by atoms with Gasteiger partial charge in [0.1, 0.15) is 0 Å². The van der Waals surface area contributed by atoms with Gasteiger partial charge in [0.25, 0.3) is 11.8 Å². The Morgan fingerprint density at radius 2 is 1.58 bits per heavy atom. The Labute approximate surface area is 201 Å². The quantitative estimate of drug-likeness (QED) is 0.338. The second kappa shape index (κ2) is 15.1. The van der Waals surface area contributed by atoms with Gasteiger partial charge < -0.3 is 20.6 Å². The molecule has 0 aliphatic rings. The number of hydrogen-bond acceptors (Lipinski definition) is 4. The summed E-state index contributed by atoms with van der Waals surface area (Å²) in [5.74, 6) is 0.637. The molecule has 0 aliphatic heterocycles. The normalized spacial score (nSPS) is 13.3. The van der Waals surface area contributed by atoms with Crippen molar-refractivity contribution in [1.82, 2.24) is 15.5 Å². The van der Waals surface area contributed by atoms with Gasteiger partial charge in [-0.25, -0.2) is 0 Å². The van der Waals surface area contributed by atoms with Crippen LogP contribution in [0.25, 0.3) is 0 Å². The summed E-state index contributed by atoms with van der Waals surface area (Å²) in [6.45, 7) is 17.2. The van der Waals surface area contributed by atoms with Crippen LogP contribution in [0.2, 0.25) is 0 Å². The van der Waals surface area contributed by atoms with Crippen molar-refractivity contribution in [2.75, 3.05) is 26.2 Å². The number of benzene rings is 1. The third-order valence-electron chi connectivity index (χ3n) is 5.62. The number of nitrogens with one attached hydrogen (secondary N) is 2. The second-order valence-electron chi connectivity index (χ2n) is 10.0. The highest BCUT2D eigenvalue weighted by Crippen LogP contribution is 2.15. The van der Waals surface area contributed by atoms with E-state index in [1.165, 1.54) is 0 Å². The first kappa shape index (κ1) is 29.1. The molecule has 0 saturated carbocycles. The molecule has 0 saturated heterocycles. The van der Waals surface area contributed by atoms with E-state index in [-0.39, 0.29) is 17.9 Å². The zero-order valence-electron chi connectivity index (χ0n) is 21.9. The van der Waals surface area contributed by atoms with Gasteiger partial charge in [-0.2, -0.15) is 0 Å².